The molecule has 2 aromatic rings. The second-order valence-corrected chi connectivity index (χ2v) is 17.7. The maximum Gasteiger partial charge on any atom is 0.458 e. The van der Waals surface area contributed by atoms with Crippen LogP contribution in [0.2, 0.25) is 24.5 Å². The average Bonchev–Trinajstić information content (AvgIpc) is 3.02. The Morgan fingerprint density at radius 3 is 2.21 bits per heavy atom. The molecule has 1 fully saturated rings. The fourth-order valence-corrected chi connectivity index (χ4v) is 5.35. The molecular weight excluding hydrogens is 493 g/mol. The number of hydrogen-bond donors (Lipinski definition) is 0. The van der Waals surface area contributed by atoms with Gasteiger partial charge in [-0.2, -0.15) is 0 Å². The lowest BCUT2D eigenvalue weighted by molar-refractivity contribution is 0.00578. The van der Waals surface area contributed by atoms with Crippen molar-refractivity contribution in [2.45, 2.75) is 104 Å². The van der Waals surface area contributed by atoms with Crippen LogP contribution in [-0.4, -0.2) is 51.9 Å². The maximum absolute atomic E-state index is 6.75. The first-order valence-electron chi connectivity index (χ1n) is 13.8. The van der Waals surface area contributed by atoms with E-state index in [-0.39, 0.29) is 29.3 Å². The van der Waals surface area contributed by atoms with Crippen molar-refractivity contribution in [3.8, 4) is 22.6 Å². The van der Waals surface area contributed by atoms with Crippen LogP contribution in [0.1, 0.15) is 72.6 Å². The molecule has 8 heteroatoms. The Morgan fingerprint density at radius 1 is 1.03 bits per heavy atom. The molecule has 38 heavy (non-hydrogen) atoms. The van der Waals surface area contributed by atoms with Gasteiger partial charge < -0.3 is 23.2 Å². The van der Waals surface area contributed by atoms with Gasteiger partial charge >= 0.3 is 7.12 Å². The van der Waals surface area contributed by atoms with Crippen LogP contribution < -0.4 is 9.47 Å². The predicted octanol–water partition coefficient (Wildman–Crippen LogP) is 7.66. The highest BCUT2D eigenvalue weighted by molar-refractivity contribution is 6.74. The van der Waals surface area contributed by atoms with E-state index in [0.717, 1.165) is 33.9 Å². The van der Waals surface area contributed by atoms with Crippen LogP contribution in [-0.2, 0) is 13.7 Å². The summed E-state index contributed by atoms with van der Waals surface area (Å²) in [6.07, 6.45) is 2.68. The average molecular weight is 542 g/mol. The molecule has 1 unspecified atom stereocenters. The van der Waals surface area contributed by atoms with Crippen molar-refractivity contribution in [3.63, 3.8) is 0 Å². The number of aromatic nitrogens is 1. The number of hydrogen-bond acceptors (Lipinski definition) is 6. The zero-order chi connectivity index (χ0) is 28.5. The van der Waals surface area contributed by atoms with Gasteiger partial charge in [-0.25, -0.2) is 0 Å². The van der Waals surface area contributed by atoms with E-state index in [0.29, 0.717) is 19.5 Å². The lowest BCUT2D eigenvalue weighted by Crippen LogP contribution is -2.42. The summed E-state index contributed by atoms with van der Waals surface area (Å²) in [5, 5.41) is 0.122. The van der Waals surface area contributed by atoms with Gasteiger partial charge in [-0.05, 0) is 95.3 Å². The Morgan fingerprint density at radius 2 is 1.66 bits per heavy atom. The van der Waals surface area contributed by atoms with Crippen LogP contribution in [0.5, 0.6) is 11.5 Å². The molecule has 1 atom stereocenters. The van der Waals surface area contributed by atoms with Crippen molar-refractivity contribution in [2.24, 2.45) is 0 Å². The molecule has 0 aliphatic carbocycles. The van der Waals surface area contributed by atoms with Gasteiger partial charge in [-0.3, -0.25) is 4.98 Å². The van der Waals surface area contributed by atoms with Crippen LogP contribution in [0.4, 0.5) is 0 Å². The van der Waals surface area contributed by atoms with E-state index >= 15 is 0 Å². The van der Waals surface area contributed by atoms with Crippen molar-refractivity contribution < 1.29 is 23.2 Å². The molecule has 0 bridgehead atoms. The smallest absolute Gasteiger partial charge is 0.458 e. The van der Waals surface area contributed by atoms with Crippen LogP contribution in [0.15, 0.2) is 30.5 Å². The number of nitrogens with zero attached hydrogens (tertiary/aromatic N) is 1. The Balaban J connectivity index is 1.98. The summed E-state index contributed by atoms with van der Waals surface area (Å²) in [6.45, 7) is 25.0. The van der Waals surface area contributed by atoms with Gasteiger partial charge in [-0.15, -0.1) is 0 Å². The third kappa shape index (κ3) is 6.64. The molecule has 2 heterocycles. The quantitative estimate of drug-likeness (QED) is 0.288. The molecule has 0 amide bonds. The Hall–Kier alpha value is -1.87. The SMILES string of the molecule is CCOc1cc(-c2cc(C(CO[Si](C)(C)C(C)(C)C)CB3OC(C)(C)C(C)(C)O3)cnc2C)ccc1OC. The molecule has 0 spiro atoms. The van der Waals surface area contributed by atoms with Gasteiger partial charge in [0.1, 0.15) is 0 Å². The molecule has 0 saturated carbocycles. The normalized spacial score (nSPS) is 17.9. The first-order valence-corrected chi connectivity index (χ1v) is 16.7. The fourth-order valence-electron chi connectivity index (χ4n) is 4.30. The van der Waals surface area contributed by atoms with E-state index in [1.54, 1.807) is 7.11 Å². The number of rotatable bonds is 10. The Labute approximate surface area is 232 Å². The van der Waals surface area contributed by atoms with Crippen molar-refractivity contribution in [3.05, 3.63) is 41.7 Å². The first-order chi connectivity index (χ1) is 17.5. The number of benzene rings is 1. The molecule has 1 aromatic carbocycles. The second kappa shape index (κ2) is 11.3. The van der Waals surface area contributed by atoms with Crippen molar-refractivity contribution in [1.29, 1.82) is 0 Å². The van der Waals surface area contributed by atoms with E-state index < -0.39 is 8.32 Å². The summed E-state index contributed by atoms with van der Waals surface area (Å²) < 4.78 is 30.9. The zero-order valence-corrected chi connectivity index (χ0v) is 26.7. The van der Waals surface area contributed by atoms with E-state index in [4.69, 9.17) is 28.2 Å². The maximum atomic E-state index is 6.75. The van der Waals surface area contributed by atoms with Gasteiger partial charge in [0.2, 0.25) is 0 Å². The highest BCUT2D eigenvalue weighted by atomic mass is 28.4. The van der Waals surface area contributed by atoms with Gasteiger partial charge in [0.25, 0.3) is 0 Å². The molecule has 0 radical (unpaired) electrons. The summed E-state index contributed by atoms with van der Waals surface area (Å²) in [6, 6.07) is 8.29. The van der Waals surface area contributed by atoms with Gasteiger partial charge in [0, 0.05) is 30.0 Å². The second-order valence-electron chi connectivity index (χ2n) is 12.9. The molecule has 0 N–H and O–H groups in total. The van der Waals surface area contributed by atoms with Crippen LogP contribution >= 0.6 is 0 Å². The van der Waals surface area contributed by atoms with E-state index in [9.17, 15) is 0 Å². The number of pyridine rings is 1. The summed E-state index contributed by atoms with van der Waals surface area (Å²) in [4.78, 5) is 4.82. The third-order valence-corrected chi connectivity index (χ3v) is 13.1. The summed E-state index contributed by atoms with van der Waals surface area (Å²) in [5.41, 5.74) is 3.43. The molecule has 1 aliphatic heterocycles. The molecule has 1 saturated heterocycles. The Bertz CT molecular complexity index is 1100. The third-order valence-electron chi connectivity index (χ3n) is 8.58. The largest absolute Gasteiger partial charge is 0.493 e. The number of methoxy groups -OCH3 is 1. The zero-order valence-electron chi connectivity index (χ0n) is 25.7. The van der Waals surface area contributed by atoms with Gasteiger partial charge in [0.15, 0.2) is 19.8 Å². The summed E-state index contributed by atoms with van der Waals surface area (Å²) >= 11 is 0. The number of ether oxygens (including phenoxy) is 2. The van der Waals surface area contributed by atoms with E-state index in [1.807, 2.05) is 32.2 Å². The number of aryl methyl sites for hydroxylation is 1. The summed E-state index contributed by atoms with van der Waals surface area (Å²) in [7, 11) is -0.617. The topological polar surface area (TPSA) is 59.0 Å². The molecule has 1 aromatic heterocycles. The highest BCUT2D eigenvalue weighted by Crippen LogP contribution is 2.42. The van der Waals surface area contributed by atoms with Crippen molar-refractivity contribution in [2.75, 3.05) is 20.3 Å². The lowest BCUT2D eigenvalue weighted by Gasteiger charge is -2.37. The van der Waals surface area contributed by atoms with E-state index in [2.05, 4.69) is 73.7 Å². The summed E-state index contributed by atoms with van der Waals surface area (Å²) in [5.74, 6) is 1.52. The predicted molar refractivity (Wildman–Crippen MR) is 159 cm³/mol. The van der Waals surface area contributed by atoms with Crippen LogP contribution in [0, 0.1) is 6.92 Å². The van der Waals surface area contributed by atoms with Crippen LogP contribution in [0.25, 0.3) is 11.1 Å². The molecular formula is C30H48BNO5Si. The minimum Gasteiger partial charge on any atom is -0.493 e. The van der Waals surface area contributed by atoms with Crippen molar-refractivity contribution in [1.82, 2.24) is 4.98 Å². The monoisotopic (exact) mass is 541 g/mol. The molecule has 1 aliphatic rings. The molecule has 3 rings (SSSR count). The van der Waals surface area contributed by atoms with Gasteiger partial charge in [-0.1, -0.05) is 26.8 Å². The minimum absolute atomic E-state index is 0.0651. The first kappa shape index (κ1) is 30.7. The molecule has 210 valence electrons. The van der Waals surface area contributed by atoms with E-state index in [1.165, 1.54) is 0 Å². The lowest BCUT2D eigenvalue weighted by atomic mass is 9.75. The van der Waals surface area contributed by atoms with Gasteiger partial charge in [0.05, 0.1) is 24.9 Å². The minimum atomic E-state index is -1.96. The van der Waals surface area contributed by atoms with Crippen molar-refractivity contribution >= 4 is 15.4 Å². The fraction of sp³-hybridized carbons (Fsp3) is 0.633. The van der Waals surface area contributed by atoms with Crippen LogP contribution in [0.3, 0.4) is 0 Å². The highest BCUT2D eigenvalue weighted by Gasteiger charge is 2.51. The Kier molecular flexibility index (Phi) is 9.14. The molecule has 6 nitrogen and oxygen atoms in total. The standard InChI is InChI=1S/C30H48BNO5Si/c1-13-34-27-17-22(14-15-26(27)33-10)25-16-23(19-32-21(25)2)24(20-35-38(11,12)28(3,4)5)18-31-36-29(6,7)30(8,9)37-31/h14-17,19,24H,13,18,20H2,1-12H3.